The van der Waals surface area contributed by atoms with Gasteiger partial charge in [-0.15, -0.1) is 0 Å². The smallest absolute Gasteiger partial charge is 0.242 e. The van der Waals surface area contributed by atoms with Crippen LogP contribution in [0.15, 0.2) is 17.2 Å². The van der Waals surface area contributed by atoms with Crippen molar-refractivity contribution in [1.29, 1.82) is 0 Å². The van der Waals surface area contributed by atoms with E-state index in [-0.39, 0.29) is 5.54 Å². The van der Waals surface area contributed by atoms with Crippen LogP contribution in [-0.4, -0.2) is 25.1 Å². The highest BCUT2D eigenvalue weighted by Gasteiger charge is 2.36. The Balaban J connectivity index is 2.20. The molecule has 0 atom stereocenters. The highest BCUT2D eigenvalue weighted by atomic mass is 32.2. The third-order valence-corrected chi connectivity index (χ3v) is 5.61. The van der Waals surface area contributed by atoms with E-state index in [0.717, 1.165) is 38.0 Å². The number of rotatable bonds is 7. The summed E-state index contributed by atoms with van der Waals surface area (Å²) < 4.78 is 29.7. The Hall–Kier alpha value is -0.850. The minimum Gasteiger partial charge on any atom is -0.349 e. The maximum absolute atomic E-state index is 12.5. The van der Waals surface area contributed by atoms with Crippen LogP contribution in [-0.2, 0) is 23.1 Å². The first kappa shape index (κ1) is 15.5. The summed E-state index contributed by atoms with van der Waals surface area (Å²) >= 11 is 0. The fraction of sp³-hybridized carbons (Fsp3) is 0.714. The molecule has 1 aromatic rings. The van der Waals surface area contributed by atoms with Crippen LogP contribution in [0.1, 0.15) is 45.7 Å². The molecule has 0 aliphatic heterocycles. The van der Waals surface area contributed by atoms with Crippen LogP contribution in [0.2, 0.25) is 0 Å². The van der Waals surface area contributed by atoms with Crippen molar-refractivity contribution >= 4 is 10.0 Å². The molecule has 20 heavy (non-hydrogen) atoms. The number of nitrogens with zero attached hydrogens (tertiary/aromatic N) is 1. The van der Waals surface area contributed by atoms with Gasteiger partial charge in [-0.05, 0) is 45.7 Å². The summed E-state index contributed by atoms with van der Waals surface area (Å²) in [5.41, 5.74) is 0.753. The normalized spacial score (nSPS) is 17.9. The SMILES string of the molecule is CCNCc1cc(S(=O)(=O)NC2(C)CCC2)cn1CC. The monoisotopic (exact) mass is 299 g/mol. The molecule has 0 bridgehead atoms. The molecule has 0 amide bonds. The molecule has 0 unspecified atom stereocenters. The Kier molecular flexibility index (Phi) is 4.56. The van der Waals surface area contributed by atoms with Gasteiger partial charge in [0.1, 0.15) is 0 Å². The van der Waals surface area contributed by atoms with Gasteiger partial charge in [0.2, 0.25) is 10.0 Å². The van der Waals surface area contributed by atoms with Crippen LogP contribution in [0.3, 0.4) is 0 Å². The van der Waals surface area contributed by atoms with E-state index in [1.165, 1.54) is 0 Å². The van der Waals surface area contributed by atoms with E-state index in [0.29, 0.717) is 11.4 Å². The van der Waals surface area contributed by atoms with Gasteiger partial charge in [-0.1, -0.05) is 6.92 Å². The van der Waals surface area contributed by atoms with Gasteiger partial charge in [-0.3, -0.25) is 0 Å². The molecule has 1 heterocycles. The Morgan fingerprint density at radius 2 is 2.05 bits per heavy atom. The zero-order chi connectivity index (χ0) is 14.8. The molecule has 1 saturated carbocycles. The number of hydrogen-bond donors (Lipinski definition) is 2. The minimum atomic E-state index is -3.41. The topological polar surface area (TPSA) is 63.1 Å². The van der Waals surface area contributed by atoms with E-state index < -0.39 is 10.0 Å². The van der Waals surface area contributed by atoms with Gasteiger partial charge in [-0.25, -0.2) is 13.1 Å². The van der Waals surface area contributed by atoms with Crippen LogP contribution in [0.4, 0.5) is 0 Å². The van der Waals surface area contributed by atoms with Crippen LogP contribution < -0.4 is 10.0 Å². The van der Waals surface area contributed by atoms with Crippen molar-refractivity contribution in [3.63, 3.8) is 0 Å². The quantitative estimate of drug-likeness (QED) is 0.807. The number of aryl methyl sites for hydroxylation is 1. The van der Waals surface area contributed by atoms with Gasteiger partial charge in [-0.2, -0.15) is 0 Å². The Morgan fingerprint density at radius 1 is 1.35 bits per heavy atom. The van der Waals surface area contributed by atoms with Gasteiger partial charge < -0.3 is 9.88 Å². The largest absolute Gasteiger partial charge is 0.349 e. The first-order chi connectivity index (χ1) is 9.40. The van der Waals surface area contributed by atoms with E-state index >= 15 is 0 Å². The van der Waals surface area contributed by atoms with Gasteiger partial charge in [0, 0.05) is 30.5 Å². The Bertz CT molecular complexity index is 559. The standard InChI is InChI=1S/C14H25N3O2S/c1-4-15-10-12-9-13(11-17(12)5-2)20(18,19)16-14(3)7-6-8-14/h9,11,15-16H,4-8,10H2,1-3H3. The van der Waals surface area contributed by atoms with Gasteiger partial charge >= 0.3 is 0 Å². The molecule has 1 aliphatic carbocycles. The van der Waals surface area contributed by atoms with Crippen molar-refractivity contribution in [2.24, 2.45) is 0 Å². The third kappa shape index (κ3) is 3.24. The molecule has 1 aliphatic rings. The summed E-state index contributed by atoms with van der Waals surface area (Å²) in [7, 11) is -3.41. The number of nitrogens with one attached hydrogen (secondary N) is 2. The van der Waals surface area contributed by atoms with Crippen LogP contribution >= 0.6 is 0 Å². The van der Waals surface area contributed by atoms with E-state index in [1.807, 2.05) is 25.3 Å². The predicted molar refractivity (Wildman–Crippen MR) is 80.1 cm³/mol. The van der Waals surface area contributed by atoms with Crippen molar-refractivity contribution < 1.29 is 8.42 Å². The third-order valence-electron chi connectivity index (χ3n) is 4.01. The average molecular weight is 299 g/mol. The number of aromatic nitrogens is 1. The predicted octanol–water partition coefficient (Wildman–Crippen LogP) is 1.84. The summed E-state index contributed by atoms with van der Waals surface area (Å²) in [6.07, 6.45) is 4.67. The summed E-state index contributed by atoms with van der Waals surface area (Å²) in [5.74, 6) is 0. The Labute approximate surface area is 121 Å². The molecule has 0 radical (unpaired) electrons. The summed E-state index contributed by atoms with van der Waals surface area (Å²) in [6.45, 7) is 8.37. The highest BCUT2D eigenvalue weighted by Crippen LogP contribution is 2.32. The van der Waals surface area contributed by atoms with Crippen LogP contribution in [0.5, 0.6) is 0 Å². The highest BCUT2D eigenvalue weighted by molar-refractivity contribution is 7.89. The molecule has 1 fully saturated rings. The zero-order valence-corrected chi connectivity index (χ0v) is 13.4. The van der Waals surface area contributed by atoms with Crippen molar-refractivity contribution in [2.45, 2.75) is 63.6 Å². The van der Waals surface area contributed by atoms with Crippen LogP contribution in [0.25, 0.3) is 0 Å². The van der Waals surface area contributed by atoms with Crippen molar-refractivity contribution in [3.05, 3.63) is 18.0 Å². The molecular weight excluding hydrogens is 274 g/mol. The molecule has 0 spiro atoms. The van der Waals surface area contributed by atoms with E-state index in [2.05, 4.69) is 10.0 Å². The van der Waals surface area contributed by atoms with Crippen molar-refractivity contribution in [1.82, 2.24) is 14.6 Å². The minimum absolute atomic E-state index is 0.255. The maximum Gasteiger partial charge on any atom is 0.242 e. The number of sulfonamides is 1. The lowest BCUT2D eigenvalue weighted by Gasteiger charge is -2.38. The van der Waals surface area contributed by atoms with Crippen LogP contribution in [0, 0.1) is 0 Å². The fourth-order valence-electron chi connectivity index (χ4n) is 2.56. The molecule has 5 nitrogen and oxygen atoms in total. The Morgan fingerprint density at radius 3 is 2.55 bits per heavy atom. The van der Waals surface area contributed by atoms with Gasteiger partial charge in [0.15, 0.2) is 0 Å². The summed E-state index contributed by atoms with van der Waals surface area (Å²) in [4.78, 5) is 0.375. The second-order valence-corrected chi connectivity index (χ2v) is 7.44. The molecule has 114 valence electrons. The fourth-order valence-corrected chi connectivity index (χ4v) is 4.09. The van der Waals surface area contributed by atoms with Crippen molar-refractivity contribution in [2.75, 3.05) is 6.54 Å². The lowest BCUT2D eigenvalue weighted by Crippen LogP contribution is -2.50. The molecule has 0 aromatic carbocycles. The van der Waals surface area contributed by atoms with E-state index in [9.17, 15) is 8.42 Å². The molecule has 1 aromatic heterocycles. The zero-order valence-electron chi connectivity index (χ0n) is 12.6. The van der Waals surface area contributed by atoms with Crippen molar-refractivity contribution in [3.8, 4) is 0 Å². The van der Waals surface area contributed by atoms with E-state index in [4.69, 9.17) is 0 Å². The summed E-state index contributed by atoms with van der Waals surface area (Å²) in [6, 6.07) is 1.77. The maximum atomic E-state index is 12.5. The van der Waals surface area contributed by atoms with Gasteiger partial charge in [0.05, 0.1) is 4.90 Å². The molecule has 6 heteroatoms. The second kappa shape index (κ2) is 5.87. The second-order valence-electron chi connectivity index (χ2n) is 5.75. The lowest BCUT2D eigenvalue weighted by atomic mass is 9.80. The molecular formula is C14H25N3O2S. The summed E-state index contributed by atoms with van der Waals surface area (Å²) in [5, 5.41) is 3.24. The average Bonchev–Trinajstić information content (AvgIpc) is 2.78. The first-order valence-electron chi connectivity index (χ1n) is 7.34. The molecule has 2 N–H and O–H groups in total. The van der Waals surface area contributed by atoms with Gasteiger partial charge in [0.25, 0.3) is 0 Å². The first-order valence-corrected chi connectivity index (χ1v) is 8.82. The lowest BCUT2D eigenvalue weighted by molar-refractivity contribution is 0.248. The van der Waals surface area contributed by atoms with E-state index in [1.54, 1.807) is 12.3 Å². The number of hydrogen-bond acceptors (Lipinski definition) is 3. The molecule has 0 saturated heterocycles. The molecule has 2 rings (SSSR count).